The summed E-state index contributed by atoms with van der Waals surface area (Å²) in [5.74, 6) is 0. The van der Waals surface area contributed by atoms with Gasteiger partial charge in [-0.25, -0.2) is 8.72 Å². The van der Waals surface area contributed by atoms with Crippen LogP contribution >= 0.6 is 16.1 Å². The van der Waals surface area contributed by atoms with E-state index in [9.17, 15) is 4.79 Å². The van der Waals surface area contributed by atoms with Gasteiger partial charge in [0.2, 0.25) is 0 Å². The quantitative estimate of drug-likeness (QED) is 0.662. The Kier molecular flexibility index (Phi) is 4.42. The van der Waals surface area contributed by atoms with Crippen LogP contribution in [-0.2, 0) is 11.3 Å². The zero-order chi connectivity index (χ0) is 10.4. The van der Waals surface area contributed by atoms with Crippen LogP contribution in [0.15, 0.2) is 30.3 Å². The Hall–Kier alpha value is -1.07. The molecule has 4 nitrogen and oxygen atoms in total. The smallest absolute Gasteiger partial charge is 0.326 e. The first kappa shape index (κ1) is 11.0. The number of amides is 2. The molecule has 0 aromatic heterocycles. The fraction of sp³-hybridized carbons (Fsp3) is 0.222. The fourth-order valence-electron chi connectivity index (χ4n) is 0.881. The lowest BCUT2D eigenvalue weighted by Crippen LogP contribution is -2.28. The summed E-state index contributed by atoms with van der Waals surface area (Å²) in [5, 5.41) is 0. The Bertz CT molecular complexity index is 292. The van der Waals surface area contributed by atoms with Crippen LogP contribution in [0.4, 0.5) is 4.79 Å². The third-order valence-corrected chi connectivity index (χ3v) is 2.11. The Morgan fingerprint density at radius 2 is 2.07 bits per heavy atom. The van der Waals surface area contributed by atoms with Crippen molar-refractivity contribution in [2.24, 2.45) is 5.73 Å². The van der Waals surface area contributed by atoms with Crippen molar-refractivity contribution < 1.29 is 9.53 Å². The van der Waals surface area contributed by atoms with E-state index in [1.807, 2.05) is 30.3 Å². The zero-order valence-corrected chi connectivity index (χ0v) is 9.11. The first-order chi connectivity index (χ1) is 6.70. The van der Waals surface area contributed by atoms with E-state index in [2.05, 4.69) is 16.1 Å². The topological polar surface area (TPSA) is 55.6 Å². The van der Waals surface area contributed by atoms with Crippen LogP contribution in [-0.4, -0.2) is 16.7 Å². The highest BCUT2D eigenvalue weighted by Crippen LogP contribution is 2.03. The van der Waals surface area contributed by atoms with Gasteiger partial charge in [-0.15, -0.1) is 0 Å². The highest BCUT2D eigenvalue weighted by atomic mass is 79.9. The molecule has 0 aliphatic carbocycles. The number of hydrogen-bond donors (Lipinski definition) is 1. The minimum absolute atomic E-state index is 0.129. The molecule has 0 saturated carbocycles. The lowest BCUT2D eigenvalue weighted by Gasteiger charge is -2.11. The van der Waals surface area contributed by atoms with Crippen LogP contribution < -0.4 is 5.73 Å². The van der Waals surface area contributed by atoms with Gasteiger partial charge in [-0.1, -0.05) is 30.3 Å². The average molecular weight is 259 g/mol. The molecule has 0 radical (unpaired) electrons. The van der Waals surface area contributed by atoms with Crippen molar-refractivity contribution in [1.29, 1.82) is 0 Å². The molecule has 1 rings (SSSR count). The highest BCUT2D eigenvalue weighted by molar-refractivity contribution is 9.07. The number of nitrogens with two attached hydrogens (primary N) is 1. The number of benzene rings is 1. The van der Waals surface area contributed by atoms with Crippen molar-refractivity contribution >= 4 is 22.2 Å². The molecule has 0 unspecified atom stereocenters. The third kappa shape index (κ3) is 3.76. The molecule has 2 amide bonds. The molecule has 0 atom stereocenters. The van der Waals surface area contributed by atoms with Crippen LogP contribution in [0.3, 0.4) is 0 Å². The van der Waals surface area contributed by atoms with Crippen molar-refractivity contribution in [2.75, 3.05) is 6.73 Å². The van der Waals surface area contributed by atoms with E-state index in [4.69, 9.17) is 10.5 Å². The van der Waals surface area contributed by atoms with Gasteiger partial charge in [-0.2, -0.15) is 0 Å². The predicted molar refractivity (Wildman–Crippen MR) is 56.4 cm³/mol. The minimum atomic E-state index is -0.571. The third-order valence-electron chi connectivity index (χ3n) is 1.56. The molecule has 14 heavy (non-hydrogen) atoms. The summed E-state index contributed by atoms with van der Waals surface area (Å²) in [6.07, 6.45) is 0. The van der Waals surface area contributed by atoms with Crippen LogP contribution in [0.5, 0.6) is 0 Å². The maximum Gasteiger partial charge on any atom is 0.326 e. The Morgan fingerprint density at radius 1 is 1.43 bits per heavy atom. The molecule has 1 aromatic rings. The molecule has 0 fully saturated rings. The van der Waals surface area contributed by atoms with Crippen LogP contribution in [0, 0.1) is 0 Å². The summed E-state index contributed by atoms with van der Waals surface area (Å²) in [6, 6.07) is 9.12. The highest BCUT2D eigenvalue weighted by Gasteiger charge is 2.03. The van der Waals surface area contributed by atoms with Crippen LogP contribution in [0.2, 0.25) is 0 Å². The van der Waals surface area contributed by atoms with Gasteiger partial charge < -0.3 is 10.5 Å². The number of carbonyl (C=O) groups is 1. The molecule has 0 saturated heterocycles. The van der Waals surface area contributed by atoms with Crippen LogP contribution in [0.25, 0.3) is 0 Å². The average Bonchev–Trinajstić information content (AvgIpc) is 2.19. The van der Waals surface area contributed by atoms with Gasteiger partial charge in [0.25, 0.3) is 0 Å². The first-order valence-corrected chi connectivity index (χ1v) is 4.75. The van der Waals surface area contributed by atoms with Gasteiger partial charge in [0.1, 0.15) is 6.73 Å². The summed E-state index contributed by atoms with van der Waals surface area (Å²) in [7, 11) is 0. The number of carbonyl (C=O) groups excluding carboxylic acids is 1. The normalized spacial score (nSPS) is 9.79. The number of ether oxygens (including phenoxy) is 1. The number of rotatable bonds is 4. The summed E-state index contributed by atoms with van der Waals surface area (Å²) in [5.41, 5.74) is 6.03. The first-order valence-electron chi connectivity index (χ1n) is 4.04. The maximum absolute atomic E-state index is 10.6. The van der Waals surface area contributed by atoms with E-state index in [0.717, 1.165) is 9.49 Å². The molecule has 0 aliphatic rings. The van der Waals surface area contributed by atoms with Crippen molar-refractivity contribution in [1.82, 2.24) is 3.93 Å². The molecule has 0 heterocycles. The monoisotopic (exact) mass is 258 g/mol. The molecular weight excluding hydrogens is 248 g/mol. The minimum Gasteiger partial charge on any atom is -0.355 e. The summed E-state index contributed by atoms with van der Waals surface area (Å²) >= 11 is 2.95. The van der Waals surface area contributed by atoms with Gasteiger partial charge >= 0.3 is 6.03 Å². The number of primary amides is 1. The van der Waals surface area contributed by atoms with Gasteiger partial charge in [0.05, 0.1) is 22.8 Å². The summed E-state index contributed by atoms with van der Waals surface area (Å²) in [4.78, 5) is 10.6. The number of hydrogen-bond acceptors (Lipinski definition) is 2. The van der Waals surface area contributed by atoms with Crippen molar-refractivity contribution in [3.63, 3.8) is 0 Å². The lowest BCUT2D eigenvalue weighted by molar-refractivity contribution is 0.0790. The molecule has 1 aromatic carbocycles. The van der Waals surface area contributed by atoms with E-state index in [1.54, 1.807) is 0 Å². The van der Waals surface area contributed by atoms with E-state index < -0.39 is 6.03 Å². The number of urea groups is 1. The molecule has 76 valence electrons. The lowest BCUT2D eigenvalue weighted by atomic mass is 10.2. The largest absolute Gasteiger partial charge is 0.355 e. The predicted octanol–water partition coefficient (Wildman–Crippen LogP) is 1.85. The van der Waals surface area contributed by atoms with Crippen LogP contribution in [0.1, 0.15) is 5.56 Å². The molecule has 0 spiro atoms. The zero-order valence-electron chi connectivity index (χ0n) is 7.52. The molecular formula is C9H11BrN2O2. The van der Waals surface area contributed by atoms with Gasteiger partial charge in [0, 0.05) is 0 Å². The summed E-state index contributed by atoms with van der Waals surface area (Å²) < 4.78 is 6.34. The van der Waals surface area contributed by atoms with Crippen molar-refractivity contribution in [3.8, 4) is 0 Å². The van der Waals surface area contributed by atoms with E-state index in [-0.39, 0.29) is 6.73 Å². The molecule has 5 heteroatoms. The second-order valence-electron chi connectivity index (χ2n) is 2.66. The second kappa shape index (κ2) is 5.62. The van der Waals surface area contributed by atoms with E-state index >= 15 is 0 Å². The van der Waals surface area contributed by atoms with Gasteiger partial charge in [0.15, 0.2) is 0 Å². The SMILES string of the molecule is NC(=O)N(Br)COCc1ccccc1. The van der Waals surface area contributed by atoms with Crippen molar-refractivity contribution in [2.45, 2.75) is 6.61 Å². The van der Waals surface area contributed by atoms with Crippen molar-refractivity contribution in [3.05, 3.63) is 35.9 Å². The standard InChI is InChI=1S/C9H11BrN2O2/c10-12(9(11)13)7-14-6-8-4-2-1-3-5-8/h1-5H,6-7H2,(H2,11,13). The molecule has 2 N–H and O–H groups in total. The van der Waals surface area contributed by atoms with E-state index in [0.29, 0.717) is 6.61 Å². The van der Waals surface area contributed by atoms with Gasteiger partial charge in [-0.05, 0) is 5.56 Å². The summed E-state index contributed by atoms with van der Waals surface area (Å²) in [6.45, 7) is 0.584. The second-order valence-corrected chi connectivity index (χ2v) is 3.52. The van der Waals surface area contributed by atoms with E-state index in [1.165, 1.54) is 0 Å². The Balaban J connectivity index is 2.26. The number of halogens is 1. The maximum atomic E-state index is 10.6. The Labute approximate surface area is 91.0 Å². The Morgan fingerprint density at radius 3 is 2.64 bits per heavy atom. The van der Waals surface area contributed by atoms with Gasteiger partial charge in [-0.3, -0.25) is 0 Å². The number of nitrogens with zero attached hydrogens (tertiary/aromatic N) is 1. The molecule has 0 bridgehead atoms. The molecule has 0 aliphatic heterocycles. The fourth-order valence-corrected chi connectivity index (χ4v) is 1.03.